The lowest BCUT2D eigenvalue weighted by atomic mass is 10.1. The van der Waals surface area contributed by atoms with Gasteiger partial charge in [0.05, 0.1) is 35.1 Å². The summed E-state index contributed by atoms with van der Waals surface area (Å²) in [5, 5.41) is 23.6. The highest BCUT2D eigenvalue weighted by Gasteiger charge is 2.29. The first-order valence-corrected chi connectivity index (χ1v) is 16.8. The molecule has 0 fully saturated rings. The number of nitrogens with one attached hydrogen (secondary N) is 1. The van der Waals surface area contributed by atoms with Crippen LogP contribution in [0.1, 0.15) is 110 Å². The molecule has 4 N–H and O–H groups in total. The van der Waals surface area contributed by atoms with Gasteiger partial charge in [-0.25, -0.2) is 9.78 Å². The first-order valence-electron chi connectivity index (χ1n) is 16.0. The molecule has 20 heteroatoms. The minimum Gasteiger partial charge on any atom is -1.00 e. The van der Waals surface area contributed by atoms with Crippen molar-refractivity contribution >= 4 is 52.6 Å². The third-order valence-corrected chi connectivity index (χ3v) is 5.81. The molecule has 0 radical (unpaired) electrons. The van der Waals surface area contributed by atoms with Gasteiger partial charge in [-0.15, -0.1) is 0 Å². The van der Waals surface area contributed by atoms with Crippen molar-refractivity contribution in [3.05, 3.63) is 48.0 Å². The number of Topliss-reactive ketones (excluding diaryl/α,β-unsaturated/α-hetero) is 1. The van der Waals surface area contributed by atoms with E-state index in [0.29, 0.717) is 0 Å². The van der Waals surface area contributed by atoms with Crippen molar-refractivity contribution in [2.75, 3.05) is 7.11 Å². The number of nitrogens with zero attached hydrogens (tertiary/aromatic N) is 3. The maximum absolute atomic E-state index is 11.7. The van der Waals surface area contributed by atoms with Gasteiger partial charge in [0.1, 0.15) is 28.4 Å². The molecule has 0 saturated carbocycles. The van der Waals surface area contributed by atoms with Crippen LogP contribution >= 0.6 is 23.2 Å². The Bertz CT molecular complexity index is 1420. The van der Waals surface area contributed by atoms with E-state index >= 15 is 0 Å². The Hall–Kier alpha value is -3.80. The van der Waals surface area contributed by atoms with Crippen LogP contribution in [0.25, 0.3) is 0 Å². The van der Waals surface area contributed by atoms with Crippen molar-refractivity contribution < 1.29 is 66.1 Å². The second kappa shape index (κ2) is 25.3. The number of quaternary nitrogens is 1. The van der Waals surface area contributed by atoms with Crippen LogP contribution in [0.2, 0.25) is 10.3 Å². The largest absolute Gasteiger partial charge is 1.00 e. The summed E-state index contributed by atoms with van der Waals surface area (Å²) in [6.45, 7) is 23.9. The maximum atomic E-state index is 11.7. The highest BCUT2D eigenvalue weighted by molar-refractivity contribution is 6.34. The number of esters is 3. The summed E-state index contributed by atoms with van der Waals surface area (Å²) in [6, 6.07) is -0.338. The number of hydrogen-bond donors (Lipinski definition) is 2. The van der Waals surface area contributed by atoms with Crippen molar-refractivity contribution in [1.82, 2.24) is 10.3 Å². The number of ether oxygens (including phenoxy) is 4. The highest BCUT2D eigenvalue weighted by atomic mass is 35.5. The smallest absolute Gasteiger partial charge is 0.365 e. The summed E-state index contributed by atoms with van der Waals surface area (Å²) in [7, 11) is 1.29. The van der Waals surface area contributed by atoms with Gasteiger partial charge < -0.3 is 42.4 Å². The molecule has 17 nitrogen and oxygen atoms in total. The lowest BCUT2D eigenvalue weighted by molar-refractivity contribution is -0.425. The van der Waals surface area contributed by atoms with E-state index in [4.69, 9.17) is 42.1 Å². The van der Waals surface area contributed by atoms with Crippen LogP contribution in [0.15, 0.2) is 17.5 Å². The molecule has 1 rings (SSSR count). The average Bonchev–Trinajstić information content (AvgIpc) is 2.94. The third kappa shape index (κ3) is 27.5. The van der Waals surface area contributed by atoms with E-state index in [0.717, 1.165) is 0 Å². The minimum atomic E-state index is -0.834. The Labute approximate surface area is 327 Å². The number of allylic oxidation sites excluding steroid dienone is 2. The number of carbonyl (C=O) groups is 4. The Balaban J connectivity index is -0.000000334. The van der Waals surface area contributed by atoms with Crippen LogP contribution in [0, 0.1) is 20.2 Å². The zero-order chi connectivity index (χ0) is 41.9. The van der Waals surface area contributed by atoms with Gasteiger partial charge in [-0.05, 0) is 76.2 Å². The van der Waals surface area contributed by atoms with Gasteiger partial charge in [-0.2, -0.15) is 0 Å². The normalized spacial score (nSPS) is 12.3. The fourth-order valence-electron chi connectivity index (χ4n) is 3.18. The van der Waals surface area contributed by atoms with Crippen LogP contribution in [0.4, 0.5) is 5.69 Å². The number of hydrogen-bond acceptors (Lipinski definition) is 14. The summed E-state index contributed by atoms with van der Waals surface area (Å²) in [6.07, 6.45) is -0.235. The average molecular weight is 821 g/mol. The summed E-state index contributed by atoms with van der Waals surface area (Å²) >= 11 is 11.0. The van der Waals surface area contributed by atoms with Crippen molar-refractivity contribution in [3.63, 3.8) is 0 Å². The van der Waals surface area contributed by atoms with Crippen LogP contribution in [-0.2, 0) is 33.4 Å². The van der Waals surface area contributed by atoms with Crippen LogP contribution in [0.3, 0.4) is 0 Å². The predicted molar refractivity (Wildman–Crippen MR) is 195 cm³/mol. The fraction of sp³-hybridized carbons (Fsp3) is 0.667. The molecule has 0 amide bonds. The van der Waals surface area contributed by atoms with Crippen molar-refractivity contribution in [3.8, 4) is 5.75 Å². The Morgan fingerprint density at radius 3 is 1.60 bits per heavy atom. The van der Waals surface area contributed by atoms with Gasteiger partial charge in [-0.1, -0.05) is 37.0 Å². The van der Waals surface area contributed by atoms with E-state index in [1.54, 1.807) is 62.3 Å². The molecule has 0 bridgehead atoms. The van der Waals surface area contributed by atoms with Gasteiger partial charge in [0.15, 0.2) is 11.8 Å². The highest BCUT2D eigenvalue weighted by Crippen LogP contribution is 2.34. The summed E-state index contributed by atoms with van der Waals surface area (Å²) in [5.74, 6) is -1.75. The number of pyridine rings is 1. The van der Waals surface area contributed by atoms with E-state index in [1.165, 1.54) is 33.9 Å². The number of ketones is 1. The molecule has 306 valence electrons. The molecule has 0 aliphatic rings. The molecule has 0 saturated heterocycles. The van der Waals surface area contributed by atoms with Gasteiger partial charge in [0.2, 0.25) is 10.9 Å². The molecule has 1 aromatic rings. The summed E-state index contributed by atoms with van der Waals surface area (Å²) in [4.78, 5) is 69.6. The second-order valence-electron chi connectivity index (χ2n) is 13.6. The number of aromatic nitrogens is 1. The molecule has 1 heterocycles. The Kier molecular flexibility index (Phi) is 26.7. The molecule has 0 spiro atoms. The van der Waals surface area contributed by atoms with Crippen LogP contribution < -0.4 is 28.2 Å². The van der Waals surface area contributed by atoms with E-state index in [-0.39, 0.29) is 64.2 Å². The second-order valence-corrected chi connectivity index (χ2v) is 14.4. The molecule has 2 atom stereocenters. The molecule has 0 aromatic carbocycles. The number of carbonyl (C=O) groups excluding carboxylic acids is 4. The third-order valence-electron chi connectivity index (χ3n) is 5.35. The standard InChI is InChI=1S/C13H22N2O5.C12H23NO4.C6H4Cl2N2O3.C2H6.ClH/c1-8(9(2)15(18)19)14-11(10(3)16)7-12(17)20-13(4,5)6;1-11(2,3)16-9(14)7-8(13)10(15)17-12(4,5)6;1-13-3-2-4(7)9-6(8)5(3)10(11)12;1-2;/h11,14H,7H2,1-6H3;8H,7,13H2,1-6H3;2H,1H3;1-2H3;1H/b9-8-;;;;/t11-;8-;;;/m00.../s1. The zero-order valence-electron chi connectivity index (χ0n) is 33.2. The number of nitro groups is 2. The Morgan fingerprint density at radius 2 is 1.26 bits per heavy atom. The van der Waals surface area contributed by atoms with Gasteiger partial charge in [-0.3, -0.25) is 34.6 Å². The topological polar surface area (TPSA) is 244 Å². The van der Waals surface area contributed by atoms with Crippen molar-refractivity contribution in [2.45, 2.75) is 139 Å². The van der Waals surface area contributed by atoms with Gasteiger partial charge >= 0.3 is 23.6 Å². The van der Waals surface area contributed by atoms with Crippen molar-refractivity contribution in [1.29, 1.82) is 0 Å². The molecular weight excluding hydrogens is 765 g/mol. The van der Waals surface area contributed by atoms with E-state index < -0.39 is 56.6 Å². The predicted octanol–water partition coefficient (Wildman–Crippen LogP) is 2.80. The first kappa shape index (κ1) is 55.9. The molecule has 53 heavy (non-hydrogen) atoms. The van der Waals surface area contributed by atoms with Crippen LogP contribution in [-0.4, -0.2) is 74.5 Å². The SMILES string of the molecule is CC.CC(=O)[C@H](CC(=O)OC(C)(C)C)N/C(C)=C(/C)[N+](=O)[O-].CC(C)(C)OC(=O)C[C@H]([NH3+])C(=O)OC(C)(C)C.COc1cc(Cl)nc(Cl)c1[N+](=O)[O-].[Cl-]. The van der Waals surface area contributed by atoms with Crippen molar-refractivity contribution in [2.24, 2.45) is 0 Å². The lowest BCUT2D eigenvalue weighted by Crippen LogP contribution is -3.00. The fourth-order valence-corrected chi connectivity index (χ4v) is 3.66. The number of methoxy groups -OCH3 is 1. The quantitative estimate of drug-likeness (QED) is 0.107. The van der Waals surface area contributed by atoms with Gasteiger partial charge in [0.25, 0.3) is 5.70 Å². The molecule has 0 aliphatic heterocycles. The molecule has 1 aromatic heterocycles. The van der Waals surface area contributed by atoms with E-state index in [9.17, 15) is 39.4 Å². The number of rotatable bonds is 11. The molecular formula is C33H56Cl3N5O12. The van der Waals surface area contributed by atoms with E-state index in [2.05, 4.69) is 16.0 Å². The van der Waals surface area contributed by atoms with E-state index in [1.807, 2.05) is 13.8 Å². The monoisotopic (exact) mass is 819 g/mol. The Morgan fingerprint density at radius 1 is 0.849 bits per heavy atom. The molecule has 0 unspecified atom stereocenters. The van der Waals surface area contributed by atoms with Gasteiger partial charge in [0, 0.05) is 13.0 Å². The summed E-state index contributed by atoms with van der Waals surface area (Å²) in [5.41, 5.74) is 1.63. The maximum Gasteiger partial charge on any atom is 0.365 e. The minimum absolute atomic E-state index is 0. The van der Waals surface area contributed by atoms with Crippen LogP contribution in [0.5, 0.6) is 5.75 Å². The molecule has 0 aliphatic carbocycles. The zero-order valence-corrected chi connectivity index (χ0v) is 35.5. The number of halogens is 3. The lowest BCUT2D eigenvalue weighted by Gasteiger charge is -2.22. The first-order chi connectivity index (χ1) is 23.4. The summed E-state index contributed by atoms with van der Waals surface area (Å²) < 4.78 is 20.1.